The third kappa shape index (κ3) is 4.13. The SMILES string of the molecule is CC[C@@H](Nc1nc2ccccc2c2nc(-c3ccc(Br)cc3OC(F)F)nn12)C(N)=O. The van der Waals surface area contributed by atoms with Gasteiger partial charge in [-0.1, -0.05) is 35.0 Å². The molecule has 0 unspecified atom stereocenters. The van der Waals surface area contributed by atoms with Crippen molar-refractivity contribution >= 4 is 44.3 Å². The smallest absolute Gasteiger partial charge is 0.387 e. The van der Waals surface area contributed by atoms with Crippen LogP contribution in [0.4, 0.5) is 14.7 Å². The van der Waals surface area contributed by atoms with E-state index in [2.05, 4.69) is 41.1 Å². The van der Waals surface area contributed by atoms with E-state index in [-0.39, 0.29) is 23.1 Å². The second-order valence-electron chi connectivity index (χ2n) is 6.65. The zero-order valence-electron chi connectivity index (χ0n) is 16.2. The lowest BCUT2D eigenvalue weighted by molar-refractivity contribution is -0.118. The van der Waals surface area contributed by atoms with Crippen molar-refractivity contribution in [1.29, 1.82) is 0 Å². The molecule has 31 heavy (non-hydrogen) atoms. The fraction of sp³-hybridized carbons (Fsp3) is 0.200. The molecule has 0 saturated heterocycles. The standard InChI is InChI=1S/C20H17BrF2N6O2/c1-2-13(16(24)30)25-20-26-14-6-4-3-5-11(14)18-27-17(28-29(18)20)12-8-7-10(21)9-15(12)31-19(22)23/h3-9,13,19H,2H2,1H3,(H2,24,30)(H,25,26)/t13-/m1/s1. The van der Waals surface area contributed by atoms with Gasteiger partial charge in [-0.25, -0.2) is 9.97 Å². The molecule has 0 radical (unpaired) electrons. The second-order valence-corrected chi connectivity index (χ2v) is 7.57. The van der Waals surface area contributed by atoms with Crippen molar-refractivity contribution in [3.63, 3.8) is 0 Å². The Morgan fingerprint density at radius 1 is 1.26 bits per heavy atom. The number of anilines is 1. The molecule has 0 spiro atoms. The van der Waals surface area contributed by atoms with Gasteiger partial charge in [0.25, 0.3) is 0 Å². The lowest BCUT2D eigenvalue weighted by atomic mass is 10.2. The lowest BCUT2D eigenvalue weighted by Gasteiger charge is -2.15. The first-order valence-corrected chi connectivity index (χ1v) is 10.1. The molecule has 0 bridgehead atoms. The molecule has 4 aromatic rings. The Kier molecular flexibility index (Phi) is 5.68. The summed E-state index contributed by atoms with van der Waals surface area (Å²) < 4.78 is 32.5. The number of para-hydroxylation sites is 1. The number of fused-ring (bicyclic) bond motifs is 3. The molecule has 3 N–H and O–H groups in total. The van der Waals surface area contributed by atoms with E-state index in [0.29, 0.717) is 27.4 Å². The van der Waals surface area contributed by atoms with Crippen molar-refractivity contribution in [1.82, 2.24) is 19.6 Å². The molecule has 0 aliphatic carbocycles. The first-order valence-electron chi connectivity index (χ1n) is 9.33. The highest BCUT2D eigenvalue weighted by atomic mass is 79.9. The number of benzene rings is 2. The predicted octanol–water partition coefficient (Wildman–Crippen LogP) is 3.98. The molecule has 8 nitrogen and oxygen atoms in total. The van der Waals surface area contributed by atoms with Crippen LogP contribution in [0.5, 0.6) is 5.75 Å². The topological polar surface area (TPSA) is 107 Å². The average molecular weight is 491 g/mol. The van der Waals surface area contributed by atoms with Gasteiger partial charge in [0.2, 0.25) is 11.9 Å². The minimum atomic E-state index is -3.01. The van der Waals surface area contributed by atoms with E-state index in [1.54, 1.807) is 18.2 Å². The van der Waals surface area contributed by atoms with Gasteiger partial charge in [0.15, 0.2) is 11.5 Å². The second kappa shape index (κ2) is 8.42. The van der Waals surface area contributed by atoms with Crippen LogP contribution in [-0.4, -0.2) is 38.1 Å². The number of hydrogen-bond donors (Lipinski definition) is 2. The number of amides is 1. The Morgan fingerprint density at radius 2 is 2.03 bits per heavy atom. The molecule has 160 valence electrons. The van der Waals surface area contributed by atoms with Crippen LogP contribution in [0.3, 0.4) is 0 Å². The highest BCUT2D eigenvalue weighted by Gasteiger charge is 2.21. The molecule has 4 rings (SSSR count). The molecular weight excluding hydrogens is 474 g/mol. The first-order chi connectivity index (χ1) is 14.9. The fourth-order valence-electron chi connectivity index (χ4n) is 3.17. The van der Waals surface area contributed by atoms with Crippen LogP contribution in [0, 0.1) is 0 Å². The number of alkyl halides is 2. The number of nitrogens with two attached hydrogens (primary N) is 1. The van der Waals surface area contributed by atoms with Crippen LogP contribution < -0.4 is 15.8 Å². The van der Waals surface area contributed by atoms with Crippen LogP contribution in [0.15, 0.2) is 46.9 Å². The summed E-state index contributed by atoms with van der Waals surface area (Å²) in [4.78, 5) is 20.8. The number of hydrogen-bond acceptors (Lipinski definition) is 6. The van der Waals surface area contributed by atoms with Crippen molar-refractivity contribution in [2.24, 2.45) is 5.73 Å². The summed E-state index contributed by atoms with van der Waals surface area (Å²) in [6.07, 6.45) is 0.436. The molecule has 1 atom stereocenters. The molecule has 0 fully saturated rings. The molecule has 0 aliphatic heterocycles. The lowest BCUT2D eigenvalue weighted by Crippen LogP contribution is -2.35. The van der Waals surface area contributed by atoms with Gasteiger partial charge < -0.3 is 15.8 Å². The van der Waals surface area contributed by atoms with Crippen LogP contribution in [-0.2, 0) is 4.79 Å². The molecule has 11 heteroatoms. The maximum absolute atomic E-state index is 12.9. The number of primary amides is 1. The quantitative estimate of drug-likeness (QED) is 0.405. The highest BCUT2D eigenvalue weighted by Crippen LogP contribution is 2.33. The number of rotatable bonds is 7. The van der Waals surface area contributed by atoms with Gasteiger partial charge in [-0.2, -0.15) is 13.3 Å². The summed E-state index contributed by atoms with van der Waals surface area (Å²) in [5, 5.41) is 8.17. The van der Waals surface area contributed by atoms with Gasteiger partial charge in [0.1, 0.15) is 11.8 Å². The minimum Gasteiger partial charge on any atom is -0.434 e. The monoisotopic (exact) mass is 490 g/mol. The Bertz CT molecular complexity index is 1280. The maximum atomic E-state index is 12.9. The maximum Gasteiger partial charge on any atom is 0.387 e. The van der Waals surface area contributed by atoms with E-state index < -0.39 is 18.6 Å². The van der Waals surface area contributed by atoms with Crippen LogP contribution >= 0.6 is 15.9 Å². The Balaban J connectivity index is 1.93. The van der Waals surface area contributed by atoms with Crippen molar-refractivity contribution in [2.45, 2.75) is 26.0 Å². The third-order valence-electron chi connectivity index (χ3n) is 4.63. The molecule has 2 aromatic heterocycles. The Hall–Kier alpha value is -3.34. The summed E-state index contributed by atoms with van der Waals surface area (Å²) in [6, 6.07) is 11.3. The van der Waals surface area contributed by atoms with Crippen LogP contribution in [0.25, 0.3) is 27.9 Å². The molecular formula is C20H17BrF2N6O2. The highest BCUT2D eigenvalue weighted by molar-refractivity contribution is 9.10. The van der Waals surface area contributed by atoms with Gasteiger partial charge >= 0.3 is 6.61 Å². The van der Waals surface area contributed by atoms with Gasteiger partial charge in [0, 0.05) is 9.86 Å². The summed E-state index contributed by atoms with van der Waals surface area (Å²) in [5.74, 6) is -0.190. The summed E-state index contributed by atoms with van der Waals surface area (Å²) in [6.45, 7) is -1.20. The summed E-state index contributed by atoms with van der Waals surface area (Å²) in [5.41, 5.74) is 6.80. The number of carbonyl (C=O) groups is 1. The van der Waals surface area contributed by atoms with E-state index in [4.69, 9.17) is 5.73 Å². The van der Waals surface area contributed by atoms with Gasteiger partial charge in [-0.3, -0.25) is 4.79 Å². The number of halogens is 3. The number of nitrogens with zero attached hydrogens (tertiary/aromatic N) is 4. The third-order valence-corrected chi connectivity index (χ3v) is 5.13. The van der Waals surface area contributed by atoms with E-state index in [0.717, 1.165) is 0 Å². The van der Waals surface area contributed by atoms with Crippen molar-refractivity contribution in [2.75, 3.05) is 5.32 Å². The molecule has 0 saturated carbocycles. The van der Waals surface area contributed by atoms with Gasteiger partial charge in [-0.15, -0.1) is 5.10 Å². The van der Waals surface area contributed by atoms with Gasteiger partial charge in [0.05, 0.1) is 11.1 Å². The minimum absolute atomic E-state index is 0.0735. The van der Waals surface area contributed by atoms with Crippen LogP contribution in [0.1, 0.15) is 13.3 Å². The largest absolute Gasteiger partial charge is 0.434 e. The molecule has 1 amide bonds. The molecule has 2 aromatic carbocycles. The summed E-state index contributed by atoms with van der Waals surface area (Å²) >= 11 is 3.25. The number of nitrogens with one attached hydrogen (secondary N) is 1. The first kappa shape index (κ1) is 20.9. The Labute approximate surface area is 183 Å². The van der Waals surface area contributed by atoms with Crippen molar-refractivity contribution < 1.29 is 18.3 Å². The van der Waals surface area contributed by atoms with E-state index in [9.17, 15) is 13.6 Å². The zero-order chi connectivity index (χ0) is 22.1. The predicted molar refractivity (Wildman–Crippen MR) is 115 cm³/mol. The molecule has 0 aliphatic rings. The average Bonchev–Trinajstić information content (AvgIpc) is 3.17. The Morgan fingerprint density at radius 3 is 2.74 bits per heavy atom. The summed E-state index contributed by atoms with van der Waals surface area (Å²) in [7, 11) is 0. The number of aromatic nitrogens is 4. The van der Waals surface area contributed by atoms with E-state index in [1.807, 2.05) is 25.1 Å². The number of carbonyl (C=O) groups excluding carboxylic acids is 1. The van der Waals surface area contributed by atoms with E-state index >= 15 is 0 Å². The fourth-order valence-corrected chi connectivity index (χ4v) is 3.51. The van der Waals surface area contributed by atoms with Crippen LogP contribution in [0.2, 0.25) is 0 Å². The molecule has 2 heterocycles. The normalized spacial score (nSPS) is 12.4. The van der Waals surface area contributed by atoms with Crippen molar-refractivity contribution in [3.8, 4) is 17.1 Å². The van der Waals surface area contributed by atoms with Crippen molar-refractivity contribution in [3.05, 3.63) is 46.9 Å². The number of ether oxygens (including phenoxy) is 1. The zero-order valence-corrected chi connectivity index (χ0v) is 17.8. The van der Waals surface area contributed by atoms with Gasteiger partial charge in [-0.05, 0) is 36.8 Å². The van der Waals surface area contributed by atoms with E-state index in [1.165, 1.54) is 10.6 Å².